The van der Waals surface area contributed by atoms with Gasteiger partial charge in [-0.2, -0.15) is 0 Å². The molecule has 0 saturated carbocycles. The summed E-state index contributed by atoms with van der Waals surface area (Å²) in [6.45, 7) is 7.84. The van der Waals surface area contributed by atoms with E-state index in [1.54, 1.807) is 0 Å². The first-order valence-electron chi connectivity index (χ1n) is 10.9. The lowest BCUT2D eigenvalue weighted by atomic mass is 10.0. The molecule has 1 saturated heterocycles. The van der Waals surface area contributed by atoms with Crippen LogP contribution in [-0.2, 0) is 17.9 Å². The minimum absolute atomic E-state index is 0.0253. The second-order valence-corrected chi connectivity index (χ2v) is 9.64. The first-order valence-corrected chi connectivity index (χ1v) is 11.7. The number of piperazine rings is 1. The Hall–Kier alpha value is -3.03. The van der Waals surface area contributed by atoms with Gasteiger partial charge in [0.1, 0.15) is 11.4 Å². The molecule has 1 aliphatic heterocycles. The summed E-state index contributed by atoms with van der Waals surface area (Å²) in [4.78, 5) is 36.3. The minimum atomic E-state index is -0.125. The van der Waals surface area contributed by atoms with Crippen molar-refractivity contribution in [2.45, 2.75) is 26.9 Å². The number of hydrogen-bond acceptors (Lipinski definition) is 5. The summed E-state index contributed by atoms with van der Waals surface area (Å²) in [5, 5.41) is 3.18. The Morgan fingerprint density at radius 1 is 1.03 bits per heavy atom. The van der Waals surface area contributed by atoms with Crippen molar-refractivity contribution in [3.05, 3.63) is 75.1 Å². The summed E-state index contributed by atoms with van der Waals surface area (Å²) in [7, 11) is 0. The van der Waals surface area contributed by atoms with Crippen LogP contribution < -0.4 is 5.56 Å². The van der Waals surface area contributed by atoms with E-state index >= 15 is 0 Å². The van der Waals surface area contributed by atoms with Crippen LogP contribution in [0.25, 0.3) is 21.0 Å². The molecule has 0 spiro atoms. The Balaban J connectivity index is 1.24. The number of nitrogens with zero attached hydrogens (tertiary/aromatic N) is 4. The third-order valence-corrected chi connectivity index (χ3v) is 7.58. The summed E-state index contributed by atoms with van der Waals surface area (Å²) in [6.07, 6.45) is 1.51. The van der Waals surface area contributed by atoms with Gasteiger partial charge in [-0.15, -0.1) is 11.3 Å². The summed E-state index contributed by atoms with van der Waals surface area (Å²) < 4.78 is 1.45. The van der Waals surface area contributed by atoms with E-state index in [1.165, 1.54) is 38.6 Å². The maximum absolute atomic E-state index is 12.9. The second kappa shape index (κ2) is 8.48. The molecule has 6 nitrogen and oxygen atoms in total. The van der Waals surface area contributed by atoms with Crippen molar-refractivity contribution in [1.29, 1.82) is 0 Å². The van der Waals surface area contributed by atoms with Gasteiger partial charge in [0, 0.05) is 37.6 Å². The van der Waals surface area contributed by atoms with Crippen molar-refractivity contribution in [2.24, 2.45) is 0 Å². The van der Waals surface area contributed by atoms with Crippen molar-refractivity contribution < 1.29 is 4.79 Å². The highest BCUT2D eigenvalue weighted by Crippen LogP contribution is 2.25. The zero-order valence-electron chi connectivity index (χ0n) is 18.4. The fourth-order valence-electron chi connectivity index (χ4n) is 4.45. The predicted octanol–water partition coefficient (Wildman–Crippen LogP) is 3.57. The van der Waals surface area contributed by atoms with Crippen LogP contribution in [0.1, 0.15) is 16.0 Å². The fraction of sp³-hybridized carbons (Fsp3) is 0.320. The molecule has 2 aromatic heterocycles. The first-order chi connectivity index (χ1) is 15.5. The van der Waals surface area contributed by atoms with Gasteiger partial charge in [0.15, 0.2) is 0 Å². The number of benzene rings is 2. The van der Waals surface area contributed by atoms with Gasteiger partial charge in [0.2, 0.25) is 5.91 Å². The van der Waals surface area contributed by atoms with E-state index < -0.39 is 0 Å². The van der Waals surface area contributed by atoms with Gasteiger partial charge in [0.05, 0.1) is 11.7 Å². The van der Waals surface area contributed by atoms with Crippen molar-refractivity contribution in [3.8, 4) is 0 Å². The Morgan fingerprint density at radius 3 is 2.59 bits per heavy atom. The molecule has 1 aliphatic rings. The number of fused-ring (bicyclic) bond motifs is 2. The minimum Gasteiger partial charge on any atom is -0.339 e. The average molecular weight is 447 g/mol. The lowest BCUT2D eigenvalue weighted by molar-refractivity contribution is -0.133. The monoisotopic (exact) mass is 446 g/mol. The lowest BCUT2D eigenvalue weighted by Gasteiger charge is -2.35. The van der Waals surface area contributed by atoms with Gasteiger partial charge >= 0.3 is 0 Å². The van der Waals surface area contributed by atoms with E-state index in [1.807, 2.05) is 18.7 Å². The highest BCUT2D eigenvalue weighted by Gasteiger charge is 2.22. The van der Waals surface area contributed by atoms with E-state index in [9.17, 15) is 9.59 Å². The van der Waals surface area contributed by atoms with Gasteiger partial charge in [0.25, 0.3) is 5.56 Å². The first kappa shape index (κ1) is 20.8. The number of thiophene rings is 1. The smallest absolute Gasteiger partial charge is 0.262 e. The Labute approximate surface area is 190 Å². The number of aromatic nitrogens is 2. The average Bonchev–Trinajstić information content (AvgIpc) is 3.10. The zero-order valence-corrected chi connectivity index (χ0v) is 19.2. The molecule has 32 heavy (non-hydrogen) atoms. The van der Waals surface area contributed by atoms with E-state index in [0.717, 1.165) is 34.9 Å². The van der Waals surface area contributed by atoms with E-state index in [4.69, 9.17) is 0 Å². The SMILES string of the molecule is Cc1sc2ncn(CC(=O)N3CCN(Cc4cccc5ccccc45)CC3)c(=O)c2c1C. The molecule has 2 aromatic carbocycles. The molecule has 0 atom stereocenters. The quantitative estimate of drug-likeness (QED) is 0.481. The van der Waals surface area contributed by atoms with Crippen LogP contribution in [0.15, 0.2) is 53.6 Å². The third-order valence-electron chi connectivity index (χ3n) is 6.46. The van der Waals surface area contributed by atoms with Crippen LogP contribution in [-0.4, -0.2) is 51.4 Å². The highest BCUT2D eigenvalue weighted by atomic mass is 32.1. The van der Waals surface area contributed by atoms with Crippen molar-refractivity contribution in [3.63, 3.8) is 0 Å². The van der Waals surface area contributed by atoms with E-state index in [0.29, 0.717) is 18.5 Å². The van der Waals surface area contributed by atoms with Crippen molar-refractivity contribution in [1.82, 2.24) is 19.4 Å². The number of carbonyl (C=O) groups excluding carboxylic acids is 1. The van der Waals surface area contributed by atoms with Crippen LogP contribution in [0.3, 0.4) is 0 Å². The van der Waals surface area contributed by atoms with Crippen LogP contribution in [0.2, 0.25) is 0 Å². The summed E-state index contributed by atoms with van der Waals surface area (Å²) >= 11 is 1.52. The Morgan fingerprint density at radius 2 is 1.78 bits per heavy atom. The van der Waals surface area contributed by atoms with E-state index in [2.05, 4.69) is 52.3 Å². The van der Waals surface area contributed by atoms with Gasteiger partial charge in [-0.3, -0.25) is 19.1 Å². The molecule has 0 N–H and O–H groups in total. The normalized spacial score (nSPS) is 15.0. The molecule has 3 heterocycles. The van der Waals surface area contributed by atoms with Crippen LogP contribution >= 0.6 is 11.3 Å². The molecule has 1 amide bonds. The largest absolute Gasteiger partial charge is 0.339 e. The van der Waals surface area contributed by atoms with Gasteiger partial charge in [-0.25, -0.2) is 4.98 Å². The number of hydrogen-bond donors (Lipinski definition) is 0. The Kier molecular flexibility index (Phi) is 5.53. The lowest BCUT2D eigenvalue weighted by Crippen LogP contribution is -2.49. The number of carbonyl (C=O) groups is 1. The van der Waals surface area contributed by atoms with Gasteiger partial charge < -0.3 is 4.90 Å². The number of rotatable bonds is 4. The van der Waals surface area contributed by atoms with Crippen molar-refractivity contribution >= 4 is 38.2 Å². The third kappa shape index (κ3) is 3.82. The van der Waals surface area contributed by atoms with Crippen LogP contribution in [0.4, 0.5) is 0 Å². The fourth-order valence-corrected chi connectivity index (χ4v) is 5.44. The number of amides is 1. The highest BCUT2D eigenvalue weighted by molar-refractivity contribution is 7.18. The molecular weight excluding hydrogens is 420 g/mol. The molecule has 0 radical (unpaired) electrons. The van der Waals surface area contributed by atoms with Crippen molar-refractivity contribution in [2.75, 3.05) is 26.2 Å². The maximum Gasteiger partial charge on any atom is 0.262 e. The molecule has 0 bridgehead atoms. The van der Waals surface area contributed by atoms with Gasteiger partial charge in [-0.1, -0.05) is 42.5 Å². The molecule has 4 aromatic rings. The number of aryl methyl sites for hydroxylation is 2. The summed E-state index contributed by atoms with van der Waals surface area (Å²) in [5.41, 5.74) is 2.15. The molecule has 164 valence electrons. The molecule has 0 unspecified atom stereocenters. The maximum atomic E-state index is 12.9. The van der Waals surface area contributed by atoms with E-state index in [-0.39, 0.29) is 18.0 Å². The molecule has 0 aliphatic carbocycles. The zero-order chi connectivity index (χ0) is 22.2. The molecule has 1 fully saturated rings. The predicted molar refractivity (Wildman–Crippen MR) is 129 cm³/mol. The summed E-state index contributed by atoms with van der Waals surface area (Å²) in [6, 6.07) is 14.9. The molecular formula is C25H26N4O2S. The second-order valence-electron chi connectivity index (χ2n) is 8.44. The summed E-state index contributed by atoms with van der Waals surface area (Å²) in [5.74, 6) is -0.0253. The molecule has 7 heteroatoms. The molecule has 5 rings (SSSR count). The Bertz CT molecular complexity index is 1360. The topological polar surface area (TPSA) is 58.4 Å². The van der Waals surface area contributed by atoms with Gasteiger partial charge in [-0.05, 0) is 35.7 Å². The standard InChI is InChI=1S/C25H26N4O2S/c1-17-18(2)32-24-23(17)25(31)29(16-26-24)15-22(30)28-12-10-27(11-13-28)14-20-8-5-7-19-6-3-4-9-21(19)20/h3-9,16H,10-15H2,1-2H3. The van der Waals surface area contributed by atoms with Crippen LogP contribution in [0.5, 0.6) is 0 Å². The van der Waals surface area contributed by atoms with Crippen LogP contribution in [0, 0.1) is 13.8 Å².